The summed E-state index contributed by atoms with van der Waals surface area (Å²) in [5.41, 5.74) is 4.51. The van der Waals surface area contributed by atoms with Crippen molar-refractivity contribution in [1.29, 1.82) is 0 Å². The SMILES string of the molecule is COc1ccc(OC)c(C(NN)c2ccoc2Br)c1. The molecule has 1 aromatic carbocycles. The lowest BCUT2D eigenvalue weighted by Crippen LogP contribution is -2.29. The van der Waals surface area contributed by atoms with Gasteiger partial charge in [0, 0.05) is 11.1 Å². The molecule has 0 saturated heterocycles. The zero-order valence-electron chi connectivity index (χ0n) is 10.6. The summed E-state index contributed by atoms with van der Waals surface area (Å²) in [6.07, 6.45) is 1.59. The van der Waals surface area contributed by atoms with Gasteiger partial charge in [-0.05, 0) is 40.2 Å². The number of rotatable bonds is 5. The first kappa shape index (κ1) is 13.9. The van der Waals surface area contributed by atoms with Crippen LogP contribution in [-0.4, -0.2) is 14.2 Å². The lowest BCUT2D eigenvalue weighted by atomic mass is 10.0. The molecule has 1 atom stereocenters. The number of hydrazine groups is 1. The van der Waals surface area contributed by atoms with Crippen molar-refractivity contribution in [3.8, 4) is 11.5 Å². The quantitative estimate of drug-likeness (QED) is 0.653. The molecule has 6 heteroatoms. The molecule has 2 aromatic rings. The maximum atomic E-state index is 5.67. The molecule has 0 bridgehead atoms. The molecule has 1 unspecified atom stereocenters. The first-order chi connectivity index (χ1) is 9.21. The molecule has 19 heavy (non-hydrogen) atoms. The lowest BCUT2D eigenvalue weighted by molar-refractivity contribution is 0.393. The number of benzene rings is 1. The predicted molar refractivity (Wildman–Crippen MR) is 75.1 cm³/mol. The Bertz CT molecular complexity index is 557. The molecule has 0 radical (unpaired) electrons. The summed E-state index contributed by atoms with van der Waals surface area (Å²) < 4.78 is 16.5. The molecule has 0 saturated carbocycles. The molecule has 0 spiro atoms. The number of nitrogens with two attached hydrogens (primary N) is 1. The van der Waals surface area contributed by atoms with Crippen LogP contribution in [0.5, 0.6) is 11.5 Å². The van der Waals surface area contributed by atoms with Gasteiger partial charge < -0.3 is 13.9 Å². The summed E-state index contributed by atoms with van der Waals surface area (Å²) in [7, 11) is 3.23. The fraction of sp³-hybridized carbons (Fsp3) is 0.231. The average molecular weight is 327 g/mol. The highest BCUT2D eigenvalue weighted by Gasteiger charge is 2.21. The van der Waals surface area contributed by atoms with E-state index in [0.29, 0.717) is 4.67 Å². The van der Waals surface area contributed by atoms with Crippen molar-refractivity contribution in [1.82, 2.24) is 5.43 Å². The number of methoxy groups -OCH3 is 2. The minimum atomic E-state index is -0.266. The van der Waals surface area contributed by atoms with Crippen molar-refractivity contribution < 1.29 is 13.9 Å². The maximum Gasteiger partial charge on any atom is 0.174 e. The van der Waals surface area contributed by atoms with Crippen LogP contribution in [-0.2, 0) is 0 Å². The molecule has 0 aliphatic rings. The second kappa shape index (κ2) is 6.10. The smallest absolute Gasteiger partial charge is 0.174 e. The Morgan fingerprint density at radius 2 is 2.00 bits per heavy atom. The molecule has 3 N–H and O–H groups in total. The van der Waals surface area contributed by atoms with Crippen molar-refractivity contribution in [2.45, 2.75) is 6.04 Å². The highest BCUT2D eigenvalue weighted by Crippen LogP contribution is 2.35. The summed E-state index contributed by atoms with van der Waals surface area (Å²) in [5.74, 6) is 7.12. The zero-order valence-corrected chi connectivity index (χ0v) is 12.2. The van der Waals surface area contributed by atoms with E-state index in [9.17, 15) is 0 Å². The van der Waals surface area contributed by atoms with E-state index in [1.165, 1.54) is 0 Å². The van der Waals surface area contributed by atoms with Gasteiger partial charge in [0.25, 0.3) is 0 Å². The van der Waals surface area contributed by atoms with Gasteiger partial charge in [-0.3, -0.25) is 5.84 Å². The van der Waals surface area contributed by atoms with Crippen LogP contribution in [0.4, 0.5) is 0 Å². The van der Waals surface area contributed by atoms with E-state index in [4.69, 9.17) is 19.7 Å². The number of hydrogen-bond donors (Lipinski definition) is 2. The molecule has 0 aliphatic heterocycles. The number of furan rings is 1. The second-order valence-electron chi connectivity index (χ2n) is 3.86. The largest absolute Gasteiger partial charge is 0.497 e. The van der Waals surface area contributed by atoms with Gasteiger partial charge in [-0.25, -0.2) is 5.43 Å². The van der Waals surface area contributed by atoms with E-state index < -0.39 is 0 Å². The van der Waals surface area contributed by atoms with Crippen LogP contribution in [0.3, 0.4) is 0 Å². The van der Waals surface area contributed by atoms with E-state index in [1.807, 2.05) is 24.3 Å². The third-order valence-corrected chi connectivity index (χ3v) is 3.52. The number of nitrogens with one attached hydrogen (secondary N) is 1. The Morgan fingerprint density at radius 3 is 2.53 bits per heavy atom. The van der Waals surface area contributed by atoms with Crippen molar-refractivity contribution in [3.05, 3.63) is 46.3 Å². The van der Waals surface area contributed by atoms with E-state index in [0.717, 1.165) is 22.6 Å². The summed E-state index contributed by atoms with van der Waals surface area (Å²) >= 11 is 3.35. The highest BCUT2D eigenvalue weighted by atomic mass is 79.9. The van der Waals surface area contributed by atoms with Crippen LogP contribution in [0.2, 0.25) is 0 Å². The average Bonchev–Trinajstić information content (AvgIpc) is 2.86. The summed E-state index contributed by atoms with van der Waals surface area (Å²) in [6.45, 7) is 0. The molecule has 0 aliphatic carbocycles. The molecule has 102 valence electrons. The maximum absolute atomic E-state index is 5.67. The van der Waals surface area contributed by atoms with Gasteiger partial charge in [0.1, 0.15) is 11.5 Å². The van der Waals surface area contributed by atoms with Crippen molar-refractivity contribution >= 4 is 15.9 Å². The first-order valence-corrected chi connectivity index (χ1v) is 6.41. The van der Waals surface area contributed by atoms with E-state index in [-0.39, 0.29) is 6.04 Å². The molecule has 2 rings (SSSR count). The minimum absolute atomic E-state index is 0.266. The number of ether oxygens (including phenoxy) is 2. The lowest BCUT2D eigenvalue weighted by Gasteiger charge is -2.19. The third-order valence-electron chi connectivity index (χ3n) is 2.87. The van der Waals surface area contributed by atoms with E-state index in [2.05, 4.69) is 21.4 Å². The van der Waals surface area contributed by atoms with E-state index in [1.54, 1.807) is 20.5 Å². The van der Waals surface area contributed by atoms with Crippen LogP contribution in [0.1, 0.15) is 17.2 Å². The zero-order chi connectivity index (χ0) is 13.8. The third kappa shape index (κ3) is 2.75. The minimum Gasteiger partial charge on any atom is -0.497 e. The van der Waals surface area contributed by atoms with Gasteiger partial charge in [-0.1, -0.05) is 0 Å². The highest BCUT2D eigenvalue weighted by molar-refractivity contribution is 9.10. The second-order valence-corrected chi connectivity index (χ2v) is 4.58. The van der Waals surface area contributed by atoms with E-state index >= 15 is 0 Å². The van der Waals surface area contributed by atoms with Crippen LogP contribution in [0, 0.1) is 0 Å². The Labute approximate surface area is 119 Å². The van der Waals surface area contributed by atoms with Crippen LogP contribution < -0.4 is 20.7 Å². The Kier molecular flexibility index (Phi) is 4.47. The molecular weight excluding hydrogens is 312 g/mol. The van der Waals surface area contributed by atoms with Gasteiger partial charge in [-0.15, -0.1) is 0 Å². The molecule has 0 amide bonds. The molecule has 1 heterocycles. The Hall–Kier alpha value is -1.50. The molecule has 5 nitrogen and oxygen atoms in total. The van der Waals surface area contributed by atoms with Crippen LogP contribution in [0.15, 0.2) is 39.6 Å². The van der Waals surface area contributed by atoms with Crippen molar-refractivity contribution in [3.63, 3.8) is 0 Å². The summed E-state index contributed by atoms with van der Waals surface area (Å²) in [4.78, 5) is 0. The number of halogens is 1. The summed E-state index contributed by atoms with van der Waals surface area (Å²) in [6, 6.07) is 7.13. The first-order valence-electron chi connectivity index (χ1n) is 5.62. The predicted octanol–water partition coefficient (Wildman–Crippen LogP) is 2.61. The standard InChI is InChI=1S/C13H15BrN2O3/c1-17-8-3-4-11(18-2)10(7-8)12(16-15)9-5-6-19-13(9)14/h3-7,12,16H,15H2,1-2H3. The van der Waals surface area contributed by atoms with Crippen LogP contribution >= 0.6 is 15.9 Å². The number of hydrogen-bond acceptors (Lipinski definition) is 5. The fourth-order valence-electron chi connectivity index (χ4n) is 1.92. The van der Waals surface area contributed by atoms with Gasteiger partial charge in [0.15, 0.2) is 4.67 Å². The van der Waals surface area contributed by atoms with Gasteiger partial charge in [0.05, 0.1) is 26.5 Å². The molecular formula is C13H15BrN2O3. The normalized spacial score (nSPS) is 12.2. The Morgan fingerprint density at radius 1 is 1.21 bits per heavy atom. The Balaban J connectivity index is 2.51. The molecule has 1 aromatic heterocycles. The van der Waals surface area contributed by atoms with Crippen molar-refractivity contribution in [2.24, 2.45) is 5.84 Å². The topological polar surface area (TPSA) is 69.7 Å². The van der Waals surface area contributed by atoms with Gasteiger partial charge >= 0.3 is 0 Å². The monoisotopic (exact) mass is 326 g/mol. The van der Waals surface area contributed by atoms with Gasteiger partial charge in [0.2, 0.25) is 0 Å². The molecule has 0 fully saturated rings. The van der Waals surface area contributed by atoms with Crippen molar-refractivity contribution in [2.75, 3.05) is 14.2 Å². The van der Waals surface area contributed by atoms with Crippen LogP contribution in [0.25, 0.3) is 0 Å². The fourth-order valence-corrected chi connectivity index (χ4v) is 2.39. The summed E-state index contributed by atoms with van der Waals surface area (Å²) in [5, 5.41) is 0. The van der Waals surface area contributed by atoms with Gasteiger partial charge in [-0.2, -0.15) is 0 Å².